The zero-order valence-electron chi connectivity index (χ0n) is 10.8. The molecule has 0 spiro atoms. The van der Waals surface area contributed by atoms with Gasteiger partial charge in [0, 0.05) is 11.1 Å². The van der Waals surface area contributed by atoms with Crippen LogP contribution in [0.25, 0.3) is 0 Å². The van der Waals surface area contributed by atoms with Crippen molar-refractivity contribution in [3.05, 3.63) is 52.0 Å². The molecule has 1 aromatic carbocycles. The lowest BCUT2D eigenvalue weighted by molar-refractivity contribution is -0.122. The highest BCUT2D eigenvalue weighted by molar-refractivity contribution is 7.09. The molecule has 0 bridgehead atoms. The summed E-state index contributed by atoms with van der Waals surface area (Å²) < 4.78 is 0. The first-order valence-electron chi connectivity index (χ1n) is 6.13. The topological polar surface area (TPSA) is 68.0 Å². The molecule has 1 amide bonds. The average Bonchev–Trinajstić information content (AvgIpc) is 2.83. The Balaban J connectivity index is 1.82. The zero-order valence-corrected chi connectivity index (χ0v) is 11.6. The monoisotopic (exact) mass is 275 g/mol. The van der Waals surface area contributed by atoms with Gasteiger partial charge in [-0.3, -0.25) is 4.79 Å². The number of amides is 1. The van der Waals surface area contributed by atoms with Crippen LogP contribution in [0.1, 0.15) is 16.3 Å². The third-order valence-electron chi connectivity index (χ3n) is 2.72. The van der Waals surface area contributed by atoms with Crippen LogP contribution in [0.15, 0.2) is 35.7 Å². The van der Waals surface area contributed by atoms with Crippen molar-refractivity contribution in [2.24, 2.45) is 5.73 Å². The average molecular weight is 275 g/mol. The van der Waals surface area contributed by atoms with Crippen LogP contribution in [-0.4, -0.2) is 16.9 Å². The molecule has 1 atom stereocenters. The minimum Gasteiger partial charge on any atom is -0.348 e. The summed E-state index contributed by atoms with van der Waals surface area (Å²) in [7, 11) is 0. The van der Waals surface area contributed by atoms with Crippen LogP contribution in [0, 0.1) is 6.92 Å². The number of hydrogen-bond donors (Lipinski definition) is 2. The number of nitrogens with zero attached hydrogens (tertiary/aromatic N) is 1. The molecular formula is C14H17N3OS. The Labute approximate surface area is 116 Å². The van der Waals surface area contributed by atoms with Crippen LogP contribution in [0.4, 0.5) is 0 Å². The van der Waals surface area contributed by atoms with E-state index >= 15 is 0 Å². The molecule has 0 aliphatic heterocycles. The quantitative estimate of drug-likeness (QED) is 0.871. The number of nitrogens with one attached hydrogen (secondary N) is 1. The van der Waals surface area contributed by atoms with Gasteiger partial charge in [-0.1, -0.05) is 30.3 Å². The van der Waals surface area contributed by atoms with Crippen molar-refractivity contribution >= 4 is 17.2 Å². The molecule has 2 rings (SSSR count). The fourth-order valence-electron chi connectivity index (χ4n) is 1.74. The van der Waals surface area contributed by atoms with Crippen molar-refractivity contribution in [1.29, 1.82) is 0 Å². The Morgan fingerprint density at radius 1 is 1.42 bits per heavy atom. The molecular weight excluding hydrogens is 258 g/mol. The maximum atomic E-state index is 11.9. The highest BCUT2D eigenvalue weighted by Gasteiger charge is 2.14. The second kappa shape index (κ2) is 6.45. The standard InChI is InChI=1S/C14H17N3OS/c1-10-9-19-13(17-10)8-16-14(18)12(15)7-11-5-3-2-4-6-11/h2-6,9,12H,7-8,15H2,1H3,(H,16,18). The molecule has 0 fully saturated rings. The first kappa shape index (κ1) is 13.7. The molecule has 0 saturated carbocycles. The van der Waals surface area contributed by atoms with Gasteiger partial charge in [-0.25, -0.2) is 4.98 Å². The molecule has 0 aliphatic rings. The van der Waals surface area contributed by atoms with Gasteiger partial charge in [0.15, 0.2) is 0 Å². The van der Waals surface area contributed by atoms with E-state index in [1.165, 1.54) is 0 Å². The van der Waals surface area contributed by atoms with Gasteiger partial charge in [-0.2, -0.15) is 0 Å². The zero-order chi connectivity index (χ0) is 13.7. The summed E-state index contributed by atoms with van der Waals surface area (Å²) in [6.07, 6.45) is 0.545. The molecule has 1 unspecified atom stereocenters. The second-order valence-corrected chi connectivity index (χ2v) is 5.34. The Morgan fingerprint density at radius 3 is 2.79 bits per heavy atom. The highest BCUT2D eigenvalue weighted by Crippen LogP contribution is 2.08. The highest BCUT2D eigenvalue weighted by atomic mass is 32.1. The van der Waals surface area contributed by atoms with Gasteiger partial charge in [0.2, 0.25) is 5.91 Å². The van der Waals surface area contributed by atoms with E-state index in [2.05, 4.69) is 10.3 Å². The van der Waals surface area contributed by atoms with Crippen LogP contribution in [-0.2, 0) is 17.8 Å². The Kier molecular flexibility index (Phi) is 4.65. The predicted molar refractivity (Wildman–Crippen MR) is 76.8 cm³/mol. The summed E-state index contributed by atoms with van der Waals surface area (Å²) >= 11 is 1.54. The summed E-state index contributed by atoms with van der Waals surface area (Å²) in [5, 5.41) is 5.68. The second-order valence-electron chi connectivity index (χ2n) is 4.40. The van der Waals surface area contributed by atoms with E-state index in [-0.39, 0.29) is 5.91 Å². The van der Waals surface area contributed by atoms with Gasteiger partial charge in [0.25, 0.3) is 0 Å². The van der Waals surface area contributed by atoms with Crippen LogP contribution in [0.3, 0.4) is 0 Å². The third-order valence-corrected chi connectivity index (χ3v) is 3.68. The number of benzene rings is 1. The number of thiazole rings is 1. The molecule has 100 valence electrons. The summed E-state index contributed by atoms with van der Waals surface area (Å²) in [5.41, 5.74) is 7.93. The lowest BCUT2D eigenvalue weighted by Crippen LogP contribution is -2.41. The summed E-state index contributed by atoms with van der Waals surface area (Å²) in [4.78, 5) is 16.2. The molecule has 3 N–H and O–H groups in total. The van der Waals surface area contributed by atoms with E-state index in [1.54, 1.807) is 11.3 Å². The molecule has 0 aliphatic carbocycles. The molecule has 19 heavy (non-hydrogen) atoms. The summed E-state index contributed by atoms with van der Waals surface area (Å²) in [6.45, 7) is 2.38. The summed E-state index contributed by atoms with van der Waals surface area (Å²) in [6, 6.07) is 9.24. The number of aromatic nitrogens is 1. The number of carbonyl (C=O) groups is 1. The number of aryl methyl sites for hydroxylation is 1. The normalized spacial score (nSPS) is 12.1. The molecule has 1 aromatic heterocycles. The van der Waals surface area contributed by atoms with Gasteiger partial charge in [0.1, 0.15) is 5.01 Å². The van der Waals surface area contributed by atoms with Crippen molar-refractivity contribution in [1.82, 2.24) is 10.3 Å². The first-order valence-corrected chi connectivity index (χ1v) is 7.01. The third kappa shape index (κ3) is 4.15. The number of hydrogen-bond acceptors (Lipinski definition) is 4. The van der Waals surface area contributed by atoms with Crippen LogP contribution in [0.2, 0.25) is 0 Å². The molecule has 4 nitrogen and oxygen atoms in total. The lowest BCUT2D eigenvalue weighted by atomic mass is 10.1. The number of rotatable bonds is 5. The molecule has 0 saturated heterocycles. The van der Waals surface area contributed by atoms with Crippen molar-refractivity contribution in [2.45, 2.75) is 25.9 Å². The van der Waals surface area contributed by atoms with E-state index < -0.39 is 6.04 Å². The SMILES string of the molecule is Cc1csc(CNC(=O)C(N)Cc2ccccc2)n1. The minimum absolute atomic E-state index is 0.142. The first-order chi connectivity index (χ1) is 9.15. The fraction of sp³-hybridized carbons (Fsp3) is 0.286. The van der Waals surface area contributed by atoms with Crippen molar-refractivity contribution in [2.75, 3.05) is 0 Å². The van der Waals surface area contributed by atoms with E-state index in [0.717, 1.165) is 16.3 Å². The van der Waals surface area contributed by atoms with E-state index in [9.17, 15) is 4.79 Å². The minimum atomic E-state index is -0.525. The maximum absolute atomic E-state index is 11.9. The largest absolute Gasteiger partial charge is 0.348 e. The van der Waals surface area contributed by atoms with E-state index in [4.69, 9.17) is 5.73 Å². The lowest BCUT2D eigenvalue weighted by Gasteiger charge is -2.11. The molecule has 5 heteroatoms. The van der Waals surface area contributed by atoms with E-state index in [0.29, 0.717) is 13.0 Å². The smallest absolute Gasteiger partial charge is 0.237 e. The fourth-order valence-corrected chi connectivity index (χ4v) is 2.45. The van der Waals surface area contributed by atoms with Crippen molar-refractivity contribution in [3.8, 4) is 0 Å². The van der Waals surface area contributed by atoms with Crippen LogP contribution in [0.5, 0.6) is 0 Å². The maximum Gasteiger partial charge on any atom is 0.237 e. The van der Waals surface area contributed by atoms with Gasteiger partial charge in [-0.05, 0) is 18.9 Å². The number of nitrogens with two attached hydrogens (primary N) is 1. The Hall–Kier alpha value is -1.72. The van der Waals surface area contributed by atoms with Gasteiger partial charge < -0.3 is 11.1 Å². The van der Waals surface area contributed by atoms with Crippen molar-refractivity contribution < 1.29 is 4.79 Å². The molecule has 2 aromatic rings. The van der Waals surface area contributed by atoms with Crippen LogP contribution >= 0.6 is 11.3 Å². The number of carbonyl (C=O) groups excluding carboxylic acids is 1. The Bertz CT molecular complexity index is 539. The predicted octanol–water partition coefficient (Wildman–Crippen LogP) is 1.64. The van der Waals surface area contributed by atoms with Gasteiger partial charge in [0.05, 0.1) is 12.6 Å². The molecule has 1 heterocycles. The van der Waals surface area contributed by atoms with E-state index in [1.807, 2.05) is 42.6 Å². The van der Waals surface area contributed by atoms with Gasteiger partial charge >= 0.3 is 0 Å². The van der Waals surface area contributed by atoms with Gasteiger partial charge in [-0.15, -0.1) is 11.3 Å². The summed E-state index contributed by atoms with van der Waals surface area (Å²) in [5.74, 6) is -0.142. The van der Waals surface area contributed by atoms with Crippen LogP contribution < -0.4 is 11.1 Å². The van der Waals surface area contributed by atoms with Crippen molar-refractivity contribution in [3.63, 3.8) is 0 Å². The Morgan fingerprint density at radius 2 is 2.16 bits per heavy atom. The molecule has 0 radical (unpaired) electrons.